The fourth-order valence-corrected chi connectivity index (χ4v) is 2.90. The predicted octanol–water partition coefficient (Wildman–Crippen LogP) is 3.23. The zero-order valence-corrected chi connectivity index (χ0v) is 12.8. The van der Waals surface area contributed by atoms with E-state index in [9.17, 15) is 0 Å². The minimum absolute atomic E-state index is 0.175. The van der Waals surface area contributed by atoms with Crippen molar-refractivity contribution in [2.24, 2.45) is 10.8 Å². The molecular weight excluding hydrogens is 278 g/mol. The molecule has 0 fully saturated rings. The van der Waals surface area contributed by atoms with Gasteiger partial charge in [-0.1, -0.05) is 65.8 Å². The number of nitrogens with zero attached hydrogens (tertiary/aromatic N) is 2. The van der Waals surface area contributed by atoms with Crippen LogP contribution in [0.25, 0.3) is 0 Å². The number of nitrogens with two attached hydrogens (primary N) is 1. The monoisotopic (exact) mass is 296 g/mol. The number of hydrogen-bond donors (Lipinski definition) is 1. The number of rotatable bonds is 2. The first-order valence-electron chi connectivity index (χ1n) is 6.93. The standard InChI is InChI=1S/C17H17N3S/c1-21-17(18)20-16(14-10-6-3-7-11-14)12-15(19-20)13-8-4-2-5-9-13/h2-11,16,18H,12H2,1H3/p+1. The highest BCUT2D eigenvalue weighted by molar-refractivity contribution is 8.12. The number of amidine groups is 1. The van der Waals surface area contributed by atoms with Crippen LogP contribution in [0.4, 0.5) is 0 Å². The lowest BCUT2D eigenvalue weighted by molar-refractivity contribution is -0.565. The minimum Gasteiger partial charge on any atom is -0.280 e. The van der Waals surface area contributed by atoms with Crippen LogP contribution in [0.15, 0.2) is 65.8 Å². The summed E-state index contributed by atoms with van der Waals surface area (Å²) in [7, 11) is 0. The molecule has 106 valence electrons. The van der Waals surface area contributed by atoms with E-state index in [1.54, 1.807) is 0 Å². The van der Waals surface area contributed by atoms with Gasteiger partial charge in [0, 0.05) is 6.42 Å². The number of benzene rings is 2. The minimum atomic E-state index is 0.175. The van der Waals surface area contributed by atoms with Gasteiger partial charge in [0.2, 0.25) is 0 Å². The summed E-state index contributed by atoms with van der Waals surface area (Å²) in [6.07, 6.45) is 2.85. The molecule has 0 saturated heterocycles. The average molecular weight is 296 g/mol. The number of thioether (sulfide) groups is 1. The average Bonchev–Trinajstić information content (AvgIpc) is 3.01. The van der Waals surface area contributed by atoms with E-state index in [2.05, 4.69) is 36.4 Å². The van der Waals surface area contributed by atoms with Gasteiger partial charge in [0.1, 0.15) is 0 Å². The lowest BCUT2D eigenvalue weighted by atomic mass is 9.99. The van der Waals surface area contributed by atoms with Crippen molar-refractivity contribution >= 4 is 22.6 Å². The van der Waals surface area contributed by atoms with Crippen LogP contribution in [0.2, 0.25) is 0 Å². The SMILES string of the molecule is CSC(N)=[N+]1N=C(c2ccccc2)CC1c1ccccc1. The van der Waals surface area contributed by atoms with Gasteiger partial charge < -0.3 is 0 Å². The summed E-state index contributed by atoms with van der Waals surface area (Å²) in [6, 6.07) is 20.9. The molecule has 1 atom stereocenters. The second kappa shape index (κ2) is 6.14. The Bertz CT molecular complexity index is 678. The third kappa shape index (κ3) is 2.85. The van der Waals surface area contributed by atoms with E-state index in [0.717, 1.165) is 22.9 Å². The summed E-state index contributed by atoms with van der Waals surface area (Å²) >= 11 is 1.53. The maximum absolute atomic E-state index is 6.14. The van der Waals surface area contributed by atoms with Gasteiger partial charge in [0.05, 0.1) is 5.71 Å². The molecule has 0 amide bonds. The van der Waals surface area contributed by atoms with E-state index in [1.165, 1.54) is 17.3 Å². The van der Waals surface area contributed by atoms with Crippen molar-refractivity contribution in [3.05, 3.63) is 71.8 Å². The molecule has 3 nitrogen and oxygen atoms in total. The summed E-state index contributed by atoms with van der Waals surface area (Å²) in [4.78, 5) is 0. The zero-order valence-electron chi connectivity index (χ0n) is 11.9. The fourth-order valence-electron chi connectivity index (χ4n) is 2.55. The molecule has 0 spiro atoms. The van der Waals surface area contributed by atoms with Gasteiger partial charge in [-0.25, -0.2) is 0 Å². The van der Waals surface area contributed by atoms with E-state index >= 15 is 0 Å². The highest BCUT2D eigenvalue weighted by Crippen LogP contribution is 2.29. The molecule has 2 aromatic carbocycles. The van der Waals surface area contributed by atoms with Gasteiger partial charge in [-0.3, -0.25) is 5.73 Å². The molecule has 1 unspecified atom stereocenters. The van der Waals surface area contributed by atoms with Crippen molar-refractivity contribution in [1.82, 2.24) is 0 Å². The molecule has 21 heavy (non-hydrogen) atoms. The molecule has 0 aliphatic carbocycles. The van der Waals surface area contributed by atoms with Crippen LogP contribution < -0.4 is 5.73 Å². The molecule has 1 aliphatic rings. The Labute approximate surface area is 129 Å². The van der Waals surface area contributed by atoms with Gasteiger partial charge in [0.15, 0.2) is 6.04 Å². The van der Waals surface area contributed by atoms with Gasteiger partial charge in [0.25, 0.3) is 0 Å². The van der Waals surface area contributed by atoms with Crippen molar-refractivity contribution < 1.29 is 4.68 Å². The van der Waals surface area contributed by atoms with Crippen molar-refractivity contribution in [3.63, 3.8) is 0 Å². The smallest absolute Gasteiger partial charge is 0.280 e. The van der Waals surface area contributed by atoms with E-state index in [1.807, 2.05) is 35.2 Å². The highest BCUT2D eigenvalue weighted by Gasteiger charge is 2.32. The largest absolute Gasteiger partial charge is 0.329 e. The molecule has 0 bridgehead atoms. The summed E-state index contributed by atoms with van der Waals surface area (Å²) in [5, 5.41) is 5.49. The fraction of sp³-hybridized carbons (Fsp3) is 0.176. The van der Waals surface area contributed by atoms with Crippen LogP contribution in [0.5, 0.6) is 0 Å². The Hall–Kier alpha value is -2.07. The molecule has 0 radical (unpaired) electrons. The van der Waals surface area contributed by atoms with Gasteiger partial charge in [-0.05, 0) is 29.1 Å². The second-order valence-electron chi connectivity index (χ2n) is 4.93. The number of hydrogen-bond acceptors (Lipinski definition) is 2. The molecule has 0 saturated carbocycles. The number of hydrazone groups is 1. The lowest BCUT2D eigenvalue weighted by Crippen LogP contribution is -2.22. The Morgan fingerprint density at radius 1 is 1.10 bits per heavy atom. The van der Waals surface area contributed by atoms with Crippen molar-refractivity contribution in [1.29, 1.82) is 0 Å². The Morgan fingerprint density at radius 2 is 1.71 bits per heavy atom. The van der Waals surface area contributed by atoms with Gasteiger partial charge in [-0.2, -0.15) is 0 Å². The molecular formula is C17H18N3S+. The van der Waals surface area contributed by atoms with Crippen LogP contribution in [0.3, 0.4) is 0 Å². The van der Waals surface area contributed by atoms with Crippen molar-refractivity contribution in [3.8, 4) is 0 Å². The first kappa shape index (κ1) is 13.9. The van der Waals surface area contributed by atoms with Crippen LogP contribution in [-0.2, 0) is 0 Å². The molecule has 0 aromatic heterocycles. The summed E-state index contributed by atoms with van der Waals surface area (Å²) in [6.45, 7) is 0. The summed E-state index contributed by atoms with van der Waals surface area (Å²) in [5.74, 6) is 0. The topological polar surface area (TPSA) is 41.4 Å². The second-order valence-corrected chi connectivity index (χ2v) is 5.76. The summed E-state index contributed by atoms with van der Waals surface area (Å²) < 4.78 is 1.95. The zero-order chi connectivity index (χ0) is 14.7. The molecule has 4 heteroatoms. The lowest BCUT2D eigenvalue weighted by Gasteiger charge is -2.09. The van der Waals surface area contributed by atoms with Crippen molar-refractivity contribution in [2.75, 3.05) is 6.26 Å². The molecule has 2 aromatic rings. The van der Waals surface area contributed by atoms with Crippen LogP contribution in [-0.4, -0.2) is 21.8 Å². The predicted molar refractivity (Wildman–Crippen MR) is 89.7 cm³/mol. The Morgan fingerprint density at radius 3 is 2.33 bits per heavy atom. The Balaban J connectivity index is 2.01. The normalized spacial score (nSPS) is 20.2. The maximum Gasteiger partial charge on any atom is 0.329 e. The van der Waals surface area contributed by atoms with Crippen molar-refractivity contribution in [2.45, 2.75) is 12.5 Å². The highest BCUT2D eigenvalue weighted by atomic mass is 32.2. The van der Waals surface area contributed by atoms with Crippen LogP contribution in [0, 0.1) is 0 Å². The quantitative estimate of drug-likeness (QED) is 0.683. The Kier molecular flexibility index (Phi) is 4.06. The first-order chi connectivity index (χ1) is 10.3. The molecule has 1 aliphatic heterocycles. The third-order valence-electron chi connectivity index (χ3n) is 3.64. The van der Waals surface area contributed by atoms with Crippen LogP contribution in [0.1, 0.15) is 23.6 Å². The first-order valence-corrected chi connectivity index (χ1v) is 8.15. The van der Waals surface area contributed by atoms with Gasteiger partial charge >= 0.3 is 5.17 Å². The third-order valence-corrected chi connectivity index (χ3v) is 4.24. The van der Waals surface area contributed by atoms with E-state index in [-0.39, 0.29) is 6.04 Å². The molecule has 1 heterocycles. The van der Waals surface area contributed by atoms with Gasteiger partial charge in [-0.15, -0.1) is 4.68 Å². The molecule has 3 rings (SSSR count). The van der Waals surface area contributed by atoms with E-state index in [4.69, 9.17) is 10.8 Å². The summed E-state index contributed by atoms with van der Waals surface area (Å²) in [5.41, 5.74) is 9.63. The van der Waals surface area contributed by atoms with Crippen LogP contribution >= 0.6 is 11.8 Å². The maximum atomic E-state index is 6.14. The van der Waals surface area contributed by atoms with E-state index in [0.29, 0.717) is 0 Å². The van der Waals surface area contributed by atoms with E-state index < -0.39 is 0 Å². The molecule has 2 N–H and O–H groups in total.